The van der Waals surface area contributed by atoms with Gasteiger partial charge in [0.15, 0.2) is 0 Å². The van der Waals surface area contributed by atoms with Gasteiger partial charge in [-0.25, -0.2) is 4.98 Å². The first-order valence-electron chi connectivity index (χ1n) is 6.22. The zero-order chi connectivity index (χ0) is 13.5. The normalized spacial score (nSPS) is 10.4. The Bertz CT molecular complexity index is 518. The summed E-state index contributed by atoms with van der Waals surface area (Å²) >= 11 is 7.48. The molecule has 0 spiro atoms. The number of nitrogens with zero attached hydrogens (tertiary/aromatic N) is 2. The molecule has 0 aliphatic rings. The highest BCUT2D eigenvalue weighted by Gasteiger charge is 2.01. The Labute approximate surface area is 121 Å². The lowest BCUT2D eigenvalue weighted by Crippen LogP contribution is -2.08. The number of halogens is 1. The van der Waals surface area contributed by atoms with Crippen LogP contribution in [0.2, 0.25) is 4.34 Å². The minimum absolute atomic E-state index is 0.594. The fraction of sp³-hybridized carbons (Fsp3) is 0.385. The Morgan fingerprint density at radius 3 is 3.00 bits per heavy atom. The van der Waals surface area contributed by atoms with Gasteiger partial charge in [0.05, 0.1) is 10.9 Å². The number of anilines is 1. The summed E-state index contributed by atoms with van der Waals surface area (Å²) in [4.78, 5) is 9.68. The van der Waals surface area contributed by atoms with E-state index in [-0.39, 0.29) is 0 Å². The number of hydrogen-bond donors (Lipinski definition) is 1. The van der Waals surface area contributed by atoms with Crippen LogP contribution in [0.5, 0.6) is 5.88 Å². The summed E-state index contributed by atoms with van der Waals surface area (Å²) in [6.07, 6.45) is 3.56. The Kier molecular flexibility index (Phi) is 5.42. The van der Waals surface area contributed by atoms with E-state index in [1.807, 2.05) is 12.1 Å². The standard InChI is InChI=1S/C13H16ClN3OS/c1-2-9-18-12-6-8-16-13(17-12)15-7-5-10-3-4-11(14)19-10/h3-4,6,8H,2,5,7,9H2,1H3,(H,15,16,17). The smallest absolute Gasteiger partial charge is 0.225 e. The van der Waals surface area contributed by atoms with E-state index < -0.39 is 0 Å². The van der Waals surface area contributed by atoms with Crippen molar-refractivity contribution in [3.8, 4) is 5.88 Å². The molecule has 0 aliphatic carbocycles. The Morgan fingerprint density at radius 2 is 2.26 bits per heavy atom. The van der Waals surface area contributed by atoms with E-state index in [0.717, 1.165) is 23.7 Å². The van der Waals surface area contributed by atoms with Crippen LogP contribution in [0.4, 0.5) is 5.95 Å². The number of rotatable bonds is 7. The first-order chi connectivity index (χ1) is 9.28. The van der Waals surface area contributed by atoms with Crippen LogP contribution in [0.3, 0.4) is 0 Å². The van der Waals surface area contributed by atoms with Gasteiger partial charge in [-0.2, -0.15) is 4.98 Å². The molecule has 2 aromatic rings. The van der Waals surface area contributed by atoms with E-state index in [9.17, 15) is 0 Å². The predicted molar refractivity (Wildman–Crippen MR) is 79.3 cm³/mol. The molecular formula is C13H16ClN3OS. The fourth-order valence-corrected chi connectivity index (χ4v) is 2.58. The Morgan fingerprint density at radius 1 is 1.37 bits per heavy atom. The van der Waals surface area contributed by atoms with Crippen LogP contribution in [0.1, 0.15) is 18.2 Å². The predicted octanol–water partition coefficient (Wildman–Crippen LogP) is 3.63. The molecule has 0 atom stereocenters. The van der Waals surface area contributed by atoms with Crippen molar-refractivity contribution in [2.75, 3.05) is 18.5 Å². The average Bonchev–Trinajstić information content (AvgIpc) is 2.83. The molecule has 0 amide bonds. The third-order valence-electron chi connectivity index (χ3n) is 2.37. The van der Waals surface area contributed by atoms with Crippen LogP contribution < -0.4 is 10.1 Å². The highest BCUT2D eigenvalue weighted by atomic mass is 35.5. The molecule has 0 aromatic carbocycles. The van der Waals surface area contributed by atoms with Crippen molar-refractivity contribution >= 4 is 28.9 Å². The number of thiophene rings is 1. The highest BCUT2D eigenvalue weighted by Crippen LogP contribution is 2.21. The minimum atomic E-state index is 0.594. The summed E-state index contributed by atoms with van der Waals surface area (Å²) in [7, 11) is 0. The summed E-state index contributed by atoms with van der Waals surface area (Å²) in [6, 6.07) is 5.72. The molecule has 0 saturated carbocycles. The van der Waals surface area contributed by atoms with Gasteiger partial charge in [-0.1, -0.05) is 18.5 Å². The number of hydrogen-bond acceptors (Lipinski definition) is 5. The van der Waals surface area contributed by atoms with Crippen molar-refractivity contribution in [3.63, 3.8) is 0 Å². The maximum atomic E-state index is 5.88. The largest absolute Gasteiger partial charge is 0.478 e. The lowest BCUT2D eigenvalue weighted by molar-refractivity contribution is 0.305. The molecule has 0 saturated heterocycles. The summed E-state index contributed by atoms with van der Waals surface area (Å²) in [5.74, 6) is 1.20. The molecule has 0 fully saturated rings. The quantitative estimate of drug-likeness (QED) is 0.847. The number of aromatic nitrogens is 2. The number of nitrogens with one attached hydrogen (secondary N) is 1. The zero-order valence-corrected chi connectivity index (χ0v) is 12.3. The van der Waals surface area contributed by atoms with Gasteiger partial charge in [0.25, 0.3) is 0 Å². The first-order valence-corrected chi connectivity index (χ1v) is 7.41. The Balaban J connectivity index is 1.82. The van der Waals surface area contributed by atoms with Crippen molar-refractivity contribution in [3.05, 3.63) is 33.6 Å². The minimum Gasteiger partial charge on any atom is -0.478 e. The first kappa shape index (κ1) is 14.1. The molecule has 0 aliphatic heterocycles. The van der Waals surface area contributed by atoms with E-state index in [1.54, 1.807) is 23.6 Å². The van der Waals surface area contributed by atoms with Crippen LogP contribution in [0.15, 0.2) is 24.4 Å². The van der Waals surface area contributed by atoms with Gasteiger partial charge in [-0.05, 0) is 25.0 Å². The summed E-state index contributed by atoms with van der Waals surface area (Å²) in [5.41, 5.74) is 0. The molecule has 2 rings (SSSR count). The second kappa shape index (κ2) is 7.31. The maximum absolute atomic E-state index is 5.88. The second-order valence-corrected chi connectivity index (χ2v) is 5.75. The second-order valence-electron chi connectivity index (χ2n) is 3.95. The summed E-state index contributed by atoms with van der Waals surface area (Å²) in [5, 5.41) is 3.18. The van der Waals surface area contributed by atoms with Gasteiger partial charge in [0, 0.05) is 23.7 Å². The third-order valence-corrected chi connectivity index (χ3v) is 3.66. The van der Waals surface area contributed by atoms with Crippen molar-refractivity contribution in [2.45, 2.75) is 19.8 Å². The SMILES string of the molecule is CCCOc1ccnc(NCCc2ccc(Cl)s2)n1. The van der Waals surface area contributed by atoms with Crippen LogP contribution in [-0.2, 0) is 6.42 Å². The molecule has 19 heavy (non-hydrogen) atoms. The van der Waals surface area contributed by atoms with E-state index in [2.05, 4.69) is 22.2 Å². The van der Waals surface area contributed by atoms with Crippen LogP contribution in [0, 0.1) is 0 Å². The lowest BCUT2D eigenvalue weighted by Gasteiger charge is -2.06. The summed E-state index contributed by atoms with van der Waals surface area (Å²) < 4.78 is 6.28. The molecule has 0 unspecified atom stereocenters. The van der Waals surface area contributed by atoms with E-state index in [0.29, 0.717) is 18.4 Å². The Hall–Kier alpha value is -1.33. The number of ether oxygens (including phenoxy) is 1. The van der Waals surface area contributed by atoms with Crippen molar-refractivity contribution in [1.82, 2.24) is 9.97 Å². The average molecular weight is 298 g/mol. The van der Waals surface area contributed by atoms with Gasteiger partial charge in [-0.15, -0.1) is 11.3 Å². The van der Waals surface area contributed by atoms with Crippen molar-refractivity contribution in [1.29, 1.82) is 0 Å². The molecule has 1 N–H and O–H groups in total. The zero-order valence-electron chi connectivity index (χ0n) is 10.7. The molecule has 4 nitrogen and oxygen atoms in total. The van der Waals surface area contributed by atoms with Crippen LogP contribution >= 0.6 is 22.9 Å². The molecule has 6 heteroatoms. The fourth-order valence-electron chi connectivity index (χ4n) is 1.50. The molecular weight excluding hydrogens is 282 g/mol. The highest BCUT2D eigenvalue weighted by molar-refractivity contribution is 7.16. The topological polar surface area (TPSA) is 47.0 Å². The molecule has 2 aromatic heterocycles. The molecule has 102 valence electrons. The van der Waals surface area contributed by atoms with E-state index in [4.69, 9.17) is 16.3 Å². The van der Waals surface area contributed by atoms with Crippen LogP contribution in [-0.4, -0.2) is 23.1 Å². The van der Waals surface area contributed by atoms with Gasteiger partial charge in [-0.3, -0.25) is 0 Å². The third kappa shape index (κ3) is 4.69. The molecule has 2 heterocycles. The van der Waals surface area contributed by atoms with E-state index >= 15 is 0 Å². The van der Waals surface area contributed by atoms with Gasteiger partial charge >= 0.3 is 0 Å². The lowest BCUT2D eigenvalue weighted by atomic mass is 10.3. The maximum Gasteiger partial charge on any atom is 0.225 e. The summed E-state index contributed by atoms with van der Waals surface area (Å²) in [6.45, 7) is 3.50. The monoisotopic (exact) mass is 297 g/mol. The molecule has 0 radical (unpaired) electrons. The van der Waals surface area contributed by atoms with Crippen LogP contribution in [0.25, 0.3) is 0 Å². The van der Waals surface area contributed by atoms with Gasteiger partial charge < -0.3 is 10.1 Å². The van der Waals surface area contributed by atoms with Gasteiger partial charge in [0.1, 0.15) is 0 Å². The molecule has 0 bridgehead atoms. The van der Waals surface area contributed by atoms with E-state index in [1.165, 1.54) is 4.88 Å². The van der Waals surface area contributed by atoms with Crippen molar-refractivity contribution in [2.24, 2.45) is 0 Å². The van der Waals surface area contributed by atoms with Gasteiger partial charge in [0.2, 0.25) is 11.8 Å². The van der Waals surface area contributed by atoms with Crippen molar-refractivity contribution < 1.29 is 4.74 Å².